The van der Waals surface area contributed by atoms with Crippen LogP contribution in [-0.4, -0.2) is 70.2 Å². The van der Waals surface area contributed by atoms with Gasteiger partial charge in [0.2, 0.25) is 0 Å². The summed E-state index contributed by atoms with van der Waals surface area (Å²) < 4.78 is 252. The molecule has 22 heteroatoms. The second-order valence-corrected chi connectivity index (χ2v) is 7.44. The van der Waals surface area contributed by atoms with Crippen molar-refractivity contribution in [3.8, 4) is 0 Å². The molecule has 0 bridgehead atoms. The molecule has 0 fully saturated rings. The number of carboxylic acids is 1. The number of halogens is 19. The molecule has 0 aromatic heterocycles. The van der Waals surface area contributed by atoms with E-state index in [9.17, 15) is 98.4 Å². The van der Waals surface area contributed by atoms with Crippen LogP contribution < -0.4 is 5.11 Å². The Hall–Kier alpha value is -2.16. The number of aliphatic hydroxyl groups is 1. The van der Waals surface area contributed by atoms with Crippen LogP contribution in [0.3, 0.4) is 0 Å². The van der Waals surface area contributed by atoms with Gasteiger partial charge in [-0.3, -0.25) is 0 Å². The first kappa shape index (κ1) is 34.8. The van der Waals surface area contributed by atoms with Crippen molar-refractivity contribution in [2.24, 2.45) is 0 Å². The number of alkyl halides is 19. The molecule has 1 unspecified atom stereocenters. The molecule has 0 aliphatic carbocycles. The van der Waals surface area contributed by atoms with E-state index in [1.165, 1.54) is 0 Å². The molecular formula is C15H8F19O3-. The second kappa shape index (κ2) is 8.68. The zero-order valence-corrected chi connectivity index (χ0v) is 16.9. The average molecular weight is 597 g/mol. The van der Waals surface area contributed by atoms with Crippen molar-refractivity contribution in [3.05, 3.63) is 12.2 Å². The Morgan fingerprint density at radius 2 is 0.838 bits per heavy atom. The molecule has 0 spiro atoms. The van der Waals surface area contributed by atoms with Gasteiger partial charge in [-0.15, -0.1) is 0 Å². The second-order valence-electron chi connectivity index (χ2n) is 7.44. The van der Waals surface area contributed by atoms with Crippen molar-refractivity contribution in [3.63, 3.8) is 0 Å². The molecule has 37 heavy (non-hydrogen) atoms. The number of carbonyl (C=O) groups is 1. The van der Waals surface area contributed by atoms with E-state index in [0.717, 1.165) is 0 Å². The smallest absolute Gasteiger partial charge is 0.438 e. The summed E-state index contributed by atoms with van der Waals surface area (Å²) in [6.45, 7) is 1.53. The molecule has 0 aliphatic heterocycles. The Balaban J connectivity index is 7.20. The summed E-state index contributed by atoms with van der Waals surface area (Å²) in [5.74, 6) is -54.6. The van der Waals surface area contributed by atoms with E-state index < -0.39 is 84.0 Å². The van der Waals surface area contributed by atoms with E-state index in [2.05, 4.69) is 6.58 Å². The minimum atomic E-state index is -9.19. The van der Waals surface area contributed by atoms with E-state index in [4.69, 9.17) is 0 Å². The summed E-state index contributed by atoms with van der Waals surface area (Å²) in [6.07, 6.45) is -19.3. The van der Waals surface area contributed by atoms with Crippen LogP contribution in [0.1, 0.15) is 13.3 Å². The number of hydrogen-bond donors (Lipinski definition) is 1. The molecule has 0 aromatic rings. The lowest BCUT2D eigenvalue weighted by atomic mass is 9.79. The summed E-state index contributed by atoms with van der Waals surface area (Å²) >= 11 is 0. The van der Waals surface area contributed by atoms with Gasteiger partial charge in [0.05, 0.1) is 5.97 Å². The maximum atomic E-state index is 14.0. The summed E-state index contributed by atoms with van der Waals surface area (Å²) in [5.41, 5.74) is -15.8. The van der Waals surface area contributed by atoms with Crippen LogP contribution in [0, 0.1) is 0 Å². The maximum Gasteiger partial charge on any atom is 0.438 e. The summed E-state index contributed by atoms with van der Waals surface area (Å²) in [7, 11) is 0. The van der Waals surface area contributed by atoms with Crippen LogP contribution in [0.5, 0.6) is 0 Å². The van der Waals surface area contributed by atoms with Gasteiger partial charge in [0.1, 0.15) is 5.60 Å². The molecule has 0 aliphatic rings. The van der Waals surface area contributed by atoms with Gasteiger partial charge < -0.3 is 15.0 Å². The minimum absolute atomic E-state index is 0.754. The Morgan fingerprint density at radius 1 is 0.595 bits per heavy atom. The van der Waals surface area contributed by atoms with Gasteiger partial charge in [0, 0.05) is 6.42 Å². The molecule has 0 saturated carbocycles. The van der Waals surface area contributed by atoms with E-state index in [0.29, 0.717) is 0 Å². The van der Waals surface area contributed by atoms with Gasteiger partial charge in [0.15, 0.2) is 0 Å². The molecule has 1 N–H and O–H groups in total. The molecular weight excluding hydrogens is 589 g/mol. The molecule has 0 radical (unpaired) electrons. The fourth-order valence-electron chi connectivity index (χ4n) is 2.46. The first-order valence-electron chi connectivity index (χ1n) is 8.28. The zero-order chi connectivity index (χ0) is 30.9. The lowest BCUT2D eigenvalue weighted by Crippen LogP contribution is -2.78. The van der Waals surface area contributed by atoms with Crippen molar-refractivity contribution < 1.29 is 98.4 Å². The summed E-state index contributed by atoms with van der Waals surface area (Å²) in [6, 6.07) is 0. The van der Waals surface area contributed by atoms with Gasteiger partial charge in [-0.25, -0.2) is 4.39 Å². The molecule has 0 heterocycles. The quantitative estimate of drug-likeness (QED) is 0.283. The number of hydrogen-bond acceptors (Lipinski definition) is 3. The molecule has 0 rings (SSSR count). The maximum absolute atomic E-state index is 14.0. The average Bonchev–Trinajstić information content (AvgIpc) is 2.63. The minimum Gasteiger partial charge on any atom is -0.545 e. The predicted octanol–water partition coefficient (Wildman–Crippen LogP) is 5.08. The number of carboxylic acid groups (broad SMARTS) is 1. The first-order valence-corrected chi connectivity index (χ1v) is 8.28. The van der Waals surface area contributed by atoms with Crippen LogP contribution in [0.15, 0.2) is 12.2 Å². The third kappa shape index (κ3) is 4.45. The van der Waals surface area contributed by atoms with Crippen molar-refractivity contribution in [1.29, 1.82) is 0 Å². The molecule has 220 valence electrons. The lowest BCUT2D eigenvalue weighted by Gasteiger charge is -2.46. The highest BCUT2D eigenvalue weighted by molar-refractivity contribution is 5.84. The fraction of sp³-hybridized carbons (Fsp3) is 0.800. The SMILES string of the molecule is C=C(CC(C)(O)C(F)(F)C(F)(F)C(F)(F)C(F)(F)C(F)(F)C(F)(F)C(F)(C(F)(F)F)C(F)(F)F)C(=O)[O-]. The van der Waals surface area contributed by atoms with Gasteiger partial charge >= 0.3 is 53.6 Å². The molecule has 0 amide bonds. The largest absolute Gasteiger partial charge is 0.545 e. The molecule has 3 nitrogen and oxygen atoms in total. The number of rotatable bonds is 10. The van der Waals surface area contributed by atoms with Gasteiger partial charge in [-0.1, -0.05) is 6.58 Å². The zero-order valence-electron chi connectivity index (χ0n) is 16.9. The van der Waals surface area contributed by atoms with Gasteiger partial charge in [0.25, 0.3) is 0 Å². The normalized spacial score (nSPS) is 17.4. The van der Waals surface area contributed by atoms with Crippen LogP contribution >= 0.6 is 0 Å². The summed E-state index contributed by atoms with van der Waals surface area (Å²) in [5, 5.41) is 19.7. The van der Waals surface area contributed by atoms with Crippen molar-refractivity contribution in [1.82, 2.24) is 0 Å². The highest BCUT2D eigenvalue weighted by Gasteiger charge is 2.98. The first-order chi connectivity index (χ1) is 15.6. The monoisotopic (exact) mass is 597 g/mol. The van der Waals surface area contributed by atoms with E-state index in [1.807, 2.05) is 0 Å². The van der Waals surface area contributed by atoms with E-state index in [-0.39, 0.29) is 0 Å². The van der Waals surface area contributed by atoms with Gasteiger partial charge in [-0.05, 0) is 12.5 Å². The number of carbonyl (C=O) groups excluding carboxylic acids is 1. The topological polar surface area (TPSA) is 60.4 Å². The highest BCUT2D eigenvalue weighted by Crippen LogP contribution is 2.66. The Morgan fingerprint density at radius 3 is 1.08 bits per heavy atom. The Bertz CT molecular complexity index is 881. The molecule has 0 aromatic carbocycles. The molecule has 1 atom stereocenters. The fourth-order valence-corrected chi connectivity index (χ4v) is 2.46. The van der Waals surface area contributed by atoms with Crippen molar-refractivity contribution in [2.75, 3.05) is 0 Å². The van der Waals surface area contributed by atoms with Crippen LogP contribution in [0.2, 0.25) is 0 Å². The van der Waals surface area contributed by atoms with Crippen LogP contribution in [0.25, 0.3) is 0 Å². The van der Waals surface area contributed by atoms with Crippen LogP contribution in [-0.2, 0) is 4.79 Å². The van der Waals surface area contributed by atoms with Crippen molar-refractivity contribution in [2.45, 2.75) is 72.5 Å². The van der Waals surface area contributed by atoms with Crippen LogP contribution in [0.4, 0.5) is 83.4 Å². The Kier molecular flexibility index (Phi) is 8.17. The van der Waals surface area contributed by atoms with Crippen molar-refractivity contribution >= 4 is 5.97 Å². The Labute approximate surface area is 190 Å². The number of aliphatic carboxylic acids is 1. The third-order valence-electron chi connectivity index (χ3n) is 4.71. The van der Waals surface area contributed by atoms with E-state index >= 15 is 0 Å². The standard InChI is InChI=1S/C15H9F19O3/c1-4(5(35)36)3-6(2,37)8(17,18)10(21,22)12(25,26)13(27,28)11(23,24)9(19,20)7(16,14(29,30)31)15(32,33)34/h37H,1,3H2,2H3,(H,35,36)/p-1. The lowest BCUT2D eigenvalue weighted by molar-refractivity contribution is -0.475. The molecule has 0 saturated heterocycles. The summed E-state index contributed by atoms with van der Waals surface area (Å²) in [4.78, 5) is 10.4. The highest BCUT2D eigenvalue weighted by atomic mass is 19.4. The van der Waals surface area contributed by atoms with Gasteiger partial charge in [-0.2, -0.15) is 79.0 Å². The predicted molar refractivity (Wildman–Crippen MR) is 75.0 cm³/mol. The third-order valence-corrected chi connectivity index (χ3v) is 4.71. The van der Waals surface area contributed by atoms with E-state index in [1.54, 1.807) is 0 Å².